The summed E-state index contributed by atoms with van der Waals surface area (Å²) in [6.07, 6.45) is 0. The molecule has 0 aliphatic heterocycles. The summed E-state index contributed by atoms with van der Waals surface area (Å²) in [5, 5.41) is 7.84. The van der Waals surface area contributed by atoms with Crippen LogP contribution in [0.4, 0.5) is 5.69 Å². The van der Waals surface area contributed by atoms with E-state index < -0.39 is 0 Å². The number of benzene rings is 2. The number of halogens is 1. The summed E-state index contributed by atoms with van der Waals surface area (Å²) in [6, 6.07) is 15.9. The molecule has 0 fully saturated rings. The van der Waals surface area contributed by atoms with Crippen LogP contribution < -0.4 is 10.6 Å². The van der Waals surface area contributed by atoms with Crippen molar-refractivity contribution in [1.29, 1.82) is 0 Å². The SMILES string of the molecule is Cc1ccccc1NC(=S)N[C@@H](C)c1ccc(Cl)cc1. The van der Waals surface area contributed by atoms with Crippen molar-refractivity contribution in [2.75, 3.05) is 5.32 Å². The van der Waals surface area contributed by atoms with E-state index in [4.69, 9.17) is 23.8 Å². The summed E-state index contributed by atoms with van der Waals surface area (Å²) < 4.78 is 0. The molecule has 0 aliphatic rings. The summed E-state index contributed by atoms with van der Waals surface area (Å²) >= 11 is 11.2. The Morgan fingerprint density at radius 2 is 1.75 bits per heavy atom. The van der Waals surface area contributed by atoms with Gasteiger partial charge in [0.05, 0.1) is 6.04 Å². The normalized spacial score (nSPS) is 11.8. The lowest BCUT2D eigenvalue weighted by Crippen LogP contribution is -2.31. The minimum absolute atomic E-state index is 0.122. The first kappa shape index (κ1) is 14.8. The third-order valence-corrected chi connectivity index (χ3v) is 3.58. The van der Waals surface area contributed by atoms with Crippen molar-refractivity contribution in [2.24, 2.45) is 0 Å². The molecule has 2 aromatic rings. The molecule has 2 aromatic carbocycles. The van der Waals surface area contributed by atoms with E-state index >= 15 is 0 Å². The second-order valence-corrected chi connectivity index (χ2v) is 5.53. The van der Waals surface area contributed by atoms with Gasteiger partial charge in [-0.2, -0.15) is 0 Å². The largest absolute Gasteiger partial charge is 0.356 e. The Morgan fingerprint density at radius 3 is 2.40 bits per heavy atom. The number of hydrogen-bond acceptors (Lipinski definition) is 1. The van der Waals surface area contributed by atoms with Crippen LogP contribution in [0.3, 0.4) is 0 Å². The zero-order valence-electron chi connectivity index (χ0n) is 11.5. The predicted octanol–water partition coefficient (Wildman–Crippen LogP) is 4.70. The molecule has 0 unspecified atom stereocenters. The molecule has 2 rings (SSSR count). The first-order valence-corrected chi connectivity index (χ1v) is 7.23. The van der Waals surface area contributed by atoms with E-state index in [2.05, 4.69) is 17.6 Å². The van der Waals surface area contributed by atoms with Crippen molar-refractivity contribution in [3.05, 3.63) is 64.7 Å². The third-order valence-electron chi connectivity index (χ3n) is 3.11. The Labute approximate surface area is 130 Å². The lowest BCUT2D eigenvalue weighted by Gasteiger charge is -2.18. The van der Waals surface area contributed by atoms with E-state index in [1.54, 1.807) is 0 Å². The first-order chi connectivity index (χ1) is 9.56. The average Bonchev–Trinajstić information content (AvgIpc) is 2.42. The van der Waals surface area contributed by atoms with Crippen LogP contribution in [0.15, 0.2) is 48.5 Å². The van der Waals surface area contributed by atoms with Gasteiger partial charge in [-0.25, -0.2) is 0 Å². The Hall–Kier alpha value is -1.58. The lowest BCUT2D eigenvalue weighted by molar-refractivity contribution is 0.722. The molecule has 0 aromatic heterocycles. The summed E-state index contributed by atoms with van der Waals surface area (Å²) in [4.78, 5) is 0. The van der Waals surface area contributed by atoms with Crippen LogP contribution in [0.5, 0.6) is 0 Å². The van der Waals surface area contributed by atoms with E-state index in [-0.39, 0.29) is 6.04 Å². The fourth-order valence-corrected chi connectivity index (χ4v) is 2.32. The molecule has 0 spiro atoms. The van der Waals surface area contributed by atoms with Crippen molar-refractivity contribution in [2.45, 2.75) is 19.9 Å². The fraction of sp³-hybridized carbons (Fsp3) is 0.188. The van der Waals surface area contributed by atoms with Crippen LogP contribution in [0.1, 0.15) is 24.1 Å². The van der Waals surface area contributed by atoms with Crippen LogP contribution >= 0.6 is 23.8 Å². The fourth-order valence-electron chi connectivity index (χ4n) is 1.90. The highest BCUT2D eigenvalue weighted by Gasteiger charge is 2.07. The topological polar surface area (TPSA) is 24.1 Å². The number of hydrogen-bond donors (Lipinski definition) is 2. The van der Waals surface area contributed by atoms with Crippen molar-refractivity contribution >= 4 is 34.6 Å². The monoisotopic (exact) mass is 304 g/mol. The summed E-state index contributed by atoms with van der Waals surface area (Å²) in [5.41, 5.74) is 3.33. The zero-order valence-corrected chi connectivity index (χ0v) is 13.1. The van der Waals surface area contributed by atoms with Crippen molar-refractivity contribution in [3.63, 3.8) is 0 Å². The molecule has 1 atom stereocenters. The smallest absolute Gasteiger partial charge is 0.171 e. The molecule has 20 heavy (non-hydrogen) atoms. The van der Waals surface area contributed by atoms with Crippen LogP contribution in [-0.4, -0.2) is 5.11 Å². The number of aryl methyl sites for hydroxylation is 1. The Bertz CT molecular complexity index is 596. The molecule has 2 N–H and O–H groups in total. The second kappa shape index (κ2) is 6.73. The Balaban J connectivity index is 1.98. The average molecular weight is 305 g/mol. The van der Waals surface area contributed by atoms with Gasteiger partial charge in [-0.3, -0.25) is 0 Å². The number of anilines is 1. The van der Waals surface area contributed by atoms with Crippen LogP contribution in [-0.2, 0) is 0 Å². The number of rotatable bonds is 3. The predicted molar refractivity (Wildman–Crippen MR) is 90.4 cm³/mol. The van der Waals surface area contributed by atoms with E-state index in [0.717, 1.165) is 21.8 Å². The molecular formula is C16H17ClN2S. The van der Waals surface area contributed by atoms with Crippen molar-refractivity contribution < 1.29 is 0 Å². The number of para-hydroxylation sites is 1. The highest BCUT2D eigenvalue weighted by atomic mass is 35.5. The maximum atomic E-state index is 5.89. The third kappa shape index (κ3) is 3.95. The van der Waals surface area contributed by atoms with Gasteiger partial charge in [0.1, 0.15) is 0 Å². The van der Waals surface area contributed by atoms with E-state index in [1.165, 1.54) is 0 Å². The number of thiocarbonyl (C=S) groups is 1. The molecule has 2 nitrogen and oxygen atoms in total. The Kier molecular flexibility index (Phi) is 4.99. The van der Waals surface area contributed by atoms with Crippen LogP contribution in [0, 0.1) is 6.92 Å². The Morgan fingerprint density at radius 1 is 1.10 bits per heavy atom. The maximum absolute atomic E-state index is 5.89. The first-order valence-electron chi connectivity index (χ1n) is 6.45. The minimum atomic E-state index is 0.122. The summed E-state index contributed by atoms with van der Waals surface area (Å²) in [6.45, 7) is 4.11. The van der Waals surface area contributed by atoms with Gasteiger partial charge in [0.2, 0.25) is 0 Å². The molecule has 0 saturated heterocycles. The highest BCUT2D eigenvalue weighted by Crippen LogP contribution is 2.17. The van der Waals surface area contributed by atoms with Gasteiger partial charge in [-0.1, -0.05) is 41.9 Å². The van der Waals surface area contributed by atoms with Crippen LogP contribution in [0.2, 0.25) is 5.02 Å². The summed E-state index contributed by atoms with van der Waals surface area (Å²) in [5.74, 6) is 0. The van der Waals surface area contributed by atoms with Gasteiger partial charge in [-0.05, 0) is 55.4 Å². The van der Waals surface area contributed by atoms with Gasteiger partial charge in [0.25, 0.3) is 0 Å². The molecule has 4 heteroatoms. The van der Waals surface area contributed by atoms with Gasteiger partial charge >= 0.3 is 0 Å². The quantitative estimate of drug-likeness (QED) is 0.804. The minimum Gasteiger partial charge on any atom is -0.356 e. The highest BCUT2D eigenvalue weighted by molar-refractivity contribution is 7.80. The molecule has 0 amide bonds. The summed E-state index contributed by atoms with van der Waals surface area (Å²) in [7, 11) is 0. The molecule has 0 aliphatic carbocycles. The van der Waals surface area contributed by atoms with Crippen molar-refractivity contribution in [3.8, 4) is 0 Å². The zero-order chi connectivity index (χ0) is 14.5. The van der Waals surface area contributed by atoms with E-state index in [9.17, 15) is 0 Å². The van der Waals surface area contributed by atoms with E-state index in [1.807, 2.05) is 55.5 Å². The molecule has 0 heterocycles. The van der Waals surface area contributed by atoms with Gasteiger partial charge in [0, 0.05) is 10.7 Å². The lowest BCUT2D eigenvalue weighted by atomic mass is 10.1. The van der Waals surface area contributed by atoms with E-state index in [0.29, 0.717) is 5.11 Å². The molecule has 0 saturated carbocycles. The second-order valence-electron chi connectivity index (χ2n) is 4.69. The standard InChI is InChI=1S/C16H17ClN2S/c1-11-5-3-4-6-15(11)19-16(20)18-12(2)13-7-9-14(17)10-8-13/h3-10,12H,1-2H3,(H2,18,19,20)/t12-/m0/s1. The van der Waals surface area contributed by atoms with Gasteiger partial charge in [-0.15, -0.1) is 0 Å². The van der Waals surface area contributed by atoms with Gasteiger partial charge < -0.3 is 10.6 Å². The molecule has 0 radical (unpaired) electrons. The molecular weight excluding hydrogens is 288 g/mol. The maximum Gasteiger partial charge on any atom is 0.171 e. The van der Waals surface area contributed by atoms with Gasteiger partial charge in [0.15, 0.2) is 5.11 Å². The number of nitrogens with one attached hydrogen (secondary N) is 2. The molecule has 104 valence electrons. The van der Waals surface area contributed by atoms with Crippen LogP contribution in [0.25, 0.3) is 0 Å². The van der Waals surface area contributed by atoms with Crippen molar-refractivity contribution in [1.82, 2.24) is 5.32 Å². The molecule has 0 bridgehead atoms.